The molecular weight excluding hydrogens is 372 g/mol. The molecule has 0 bridgehead atoms. The van der Waals surface area contributed by atoms with Gasteiger partial charge in [-0.05, 0) is 32.9 Å². The van der Waals surface area contributed by atoms with Crippen molar-refractivity contribution >= 4 is 35.4 Å². The molecule has 1 fully saturated rings. The average Bonchev–Trinajstić information content (AvgIpc) is 3.00. The van der Waals surface area contributed by atoms with Crippen molar-refractivity contribution in [1.82, 2.24) is 4.90 Å². The first-order chi connectivity index (χ1) is 12.6. The molecule has 1 heterocycles. The van der Waals surface area contributed by atoms with E-state index < -0.39 is 17.7 Å². The van der Waals surface area contributed by atoms with Gasteiger partial charge in [0.25, 0.3) is 0 Å². The highest BCUT2D eigenvalue weighted by molar-refractivity contribution is 7.99. The Kier molecular flexibility index (Phi) is 6.59. The number of methoxy groups -OCH3 is 1. The van der Waals surface area contributed by atoms with Gasteiger partial charge in [0.2, 0.25) is 5.91 Å². The molecule has 27 heavy (non-hydrogen) atoms. The van der Waals surface area contributed by atoms with Crippen molar-refractivity contribution in [3.05, 3.63) is 23.8 Å². The summed E-state index contributed by atoms with van der Waals surface area (Å²) in [6, 6.07) is 4.06. The maximum atomic E-state index is 12.4. The lowest BCUT2D eigenvalue weighted by atomic mass is 10.1. The van der Waals surface area contributed by atoms with Gasteiger partial charge in [-0.1, -0.05) is 0 Å². The van der Waals surface area contributed by atoms with E-state index in [9.17, 15) is 14.4 Å². The van der Waals surface area contributed by atoms with E-state index in [1.807, 2.05) is 0 Å². The van der Waals surface area contributed by atoms with Gasteiger partial charge < -0.3 is 19.9 Å². The zero-order valence-corrected chi connectivity index (χ0v) is 16.6. The Morgan fingerprint density at radius 1 is 1.33 bits per heavy atom. The molecule has 2 N–H and O–H groups in total. The molecule has 1 aliphatic rings. The lowest BCUT2D eigenvalue weighted by Gasteiger charge is -2.27. The van der Waals surface area contributed by atoms with E-state index in [0.717, 1.165) is 0 Å². The first-order valence-electron chi connectivity index (χ1n) is 8.39. The predicted octanol–water partition coefficient (Wildman–Crippen LogP) is 3.03. The number of hydrogen-bond acceptors (Lipinski definition) is 6. The number of rotatable bonds is 5. The molecule has 8 nitrogen and oxygen atoms in total. The van der Waals surface area contributed by atoms with Crippen LogP contribution in [0.4, 0.5) is 10.5 Å². The molecule has 0 radical (unpaired) electrons. The van der Waals surface area contributed by atoms with Crippen LogP contribution in [0.3, 0.4) is 0 Å². The second-order valence-corrected chi connectivity index (χ2v) is 8.08. The molecule has 148 valence electrons. The Morgan fingerprint density at radius 2 is 2.04 bits per heavy atom. The third-order valence-corrected chi connectivity index (χ3v) is 4.83. The van der Waals surface area contributed by atoms with Gasteiger partial charge >= 0.3 is 12.1 Å². The van der Waals surface area contributed by atoms with Crippen LogP contribution in [0, 0.1) is 0 Å². The number of hydrogen-bond donors (Lipinski definition) is 2. The van der Waals surface area contributed by atoms with Crippen molar-refractivity contribution in [3.63, 3.8) is 0 Å². The highest BCUT2D eigenvalue weighted by Gasteiger charge is 2.34. The van der Waals surface area contributed by atoms with Gasteiger partial charge in [-0.2, -0.15) is 0 Å². The van der Waals surface area contributed by atoms with Gasteiger partial charge in [-0.3, -0.25) is 9.69 Å². The first-order valence-corrected chi connectivity index (χ1v) is 9.54. The Labute approximate surface area is 162 Å². The summed E-state index contributed by atoms with van der Waals surface area (Å²) in [6.07, 6.45) is -0.312. The molecule has 0 saturated carbocycles. The van der Waals surface area contributed by atoms with E-state index in [2.05, 4.69) is 5.32 Å². The van der Waals surface area contributed by atoms with Crippen LogP contribution in [0.15, 0.2) is 18.2 Å². The second-order valence-electron chi connectivity index (χ2n) is 7.08. The number of benzene rings is 1. The zero-order chi connectivity index (χ0) is 20.2. The molecule has 0 unspecified atom stereocenters. The number of anilines is 1. The molecule has 1 aliphatic heterocycles. The monoisotopic (exact) mass is 396 g/mol. The van der Waals surface area contributed by atoms with Crippen LogP contribution in [-0.2, 0) is 9.53 Å². The van der Waals surface area contributed by atoms with E-state index in [1.54, 1.807) is 37.4 Å². The molecule has 1 saturated heterocycles. The number of ether oxygens (including phenoxy) is 2. The maximum Gasteiger partial charge on any atom is 0.411 e. The number of carbonyl (C=O) groups is 3. The Bertz CT molecular complexity index is 731. The van der Waals surface area contributed by atoms with E-state index in [0.29, 0.717) is 17.3 Å². The number of carboxylic acids is 1. The summed E-state index contributed by atoms with van der Waals surface area (Å²) in [5.41, 5.74) is -0.158. The Morgan fingerprint density at radius 3 is 2.63 bits per heavy atom. The summed E-state index contributed by atoms with van der Waals surface area (Å²) in [5, 5.41) is 11.8. The van der Waals surface area contributed by atoms with E-state index >= 15 is 0 Å². The van der Waals surface area contributed by atoms with Crippen LogP contribution >= 0.6 is 11.8 Å². The third kappa shape index (κ3) is 5.78. The fourth-order valence-corrected chi connectivity index (χ4v) is 3.73. The topological polar surface area (TPSA) is 105 Å². The molecule has 0 aliphatic carbocycles. The third-order valence-electron chi connectivity index (χ3n) is 3.75. The number of carbonyl (C=O) groups excluding carboxylic acids is 2. The predicted molar refractivity (Wildman–Crippen MR) is 102 cm³/mol. The SMILES string of the molecule is COc1cc(NC(=O)C[C@H]2CSCN2C(=O)OC(C)(C)C)ccc1C(=O)O. The van der Waals surface area contributed by atoms with E-state index in [1.165, 1.54) is 25.3 Å². The summed E-state index contributed by atoms with van der Waals surface area (Å²) in [6.45, 7) is 5.39. The summed E-state index contributed by atoms with van der Waals surface area (Å²) in [5.74, 6) is -0.101. The molecule has 1 atom stereocenters. The van der Waals surface area contributed by atoms with E-state index in [-0.39, 0.29) is 29.7 Å². The average molecular weight is 396 g/mol. The van der Waals surface area contributed by atoms with Crippen LogP contribution in [0.1, 0.15) is 37.6 Å². The number of nitrogens with one attached hydrogen (secondary N) is 1. The molecule has 9 heteroatoms. The van der Waals surface area contributed by atoms with Gasteiger partial charge in [0, 0.05) is 23.9 Å². The lowest BCUT2D eigenvalue weighted by molar-refractivity contribution is -0.117. The van der Waals surface area contributed by atoms with Crippen LogP contribution in [0.5, 0.6) is 5.75 Å². The van der Waals surface area contributed by atoms with Crippen molar-refractivity contribution < 1.29 is 29.0 Å². The molecule has 1 aromatic rings. The zero-order valence-electron chi connectivity index (χ0n) is 15.8. The van der Waals surface area contributed by atoms with Crippen molar-refractivity contribution in [3.8, 4) is 5.75 Å². The number of nitrogens with zero attached hydrogens (tertiary/aromatic N) is 1. The quantitative estimate of drug-likeness (QED) is 0.788. The minimum Gasteiger partial charge on any atom is -0.496 e. The van der Waals surface area contributed by atoms with Gasteiger partial charge in [0.05, 0.1) is 19.0 Å². The minimum atomic E-state index is -1.11. The molecule has 1 aromatic carbocycles. The summed E-state index contributed by atoms with van der Waals surface area (Å²) in [7, 11) is 1.36. The van der Waals surface area contributed by atoms with Crippen molar-refractivity contribution in [2.75, 3.05) is 24.1 Å². The minimum absolute atomic E-state index is 0.0128. The van der Waals surface area contributed by atoms with Crippen LogP contribution < -0.4 is 10.1 Å². The standard InChI is InChI=1S/C18H24N2O6S/c1-18(2,3)26-17(24)20-10-27-9-12(20)8-15(21)19-11-5-6-13(16(22)23)14(7-11)25-4/h5-7,12H,8-10H2,1-4H3,(H,19,21)(H,22,23)/t12-/m0/s1. The lowest BCUT2D eigenvalue weighted by Crippen LogP contribution is -2.42. The molecule has 2 rings (SSSR count). The van der Waals surface area contributed by atoms with Gasteiger partial charge in [0.1, 0.15) is 16.9 Å². The van der Waals surface area contributed by atoms with Crippen LogP contribution in [-0.4, -0.2) is 58.4 Å². The highest BCUT2D eigenvalue weighted by Crippen LogP contribution is 2.27. The van der Waals surface area contributed by atoms with Crippen molar-refractivity contribution in [2.24, 2.45) is 0 Å². The Balaban J connectivity index is 2.00. The number of amides is 2. The van der Waals surface area contributed by atoms with E-state index in [4.69, 9.17) is 14.6 Å². The number of thioether (sulfide) groups is 1. The normalized spacial score (nSPS) is 16.7. The summed E-state index contributed by atoms with van der Waals surface area (Å²) in [4.78, 5) is 37.3. The smallest absolute Gasteiger partial charge is 0.411 e. The largest absolute Gasteiger partial charge is 0.496 e. The van der Waals surface area contributed by atoms with Gasteiger partial charge in [0.15, 0.2) is 0 Å². The second kappa shape index (κ2) is 8.51. The highest BCUT2D eigenvalue weighted by atomic mass is 32.2. The molecule has 2 amide bonds. The molecular formula is C18H24N2O6S. The summed E-state index contributed by atoms with van der Waals surface area (Å²) < 4.78 is 10.4. The maximum absolute atomic E-state index is 12.4. The van der Waals surface area contributed by atoms with Crippen molar-refractivity contribution in [1.29, 1.82) is 0 Å². The van der Waals surface area contributed by atoms with Crippen LogP contribution in [0.25, 0.3) is 0 Å². The first kappa shape index (κ1) is 20.9. The number of aromatic carboxylic acids is 1. The fraction of sp³-hybridized carbons (Fsp3) is 0.500. The van der Waals surface area contributed by atoms with Crippen molar-refractivity contribution in [2.45, 2.75) is 38.8 Å². The van der Waals surface area contributed by atoms with Gasteiger partial charge in [-0.15, -0.1) is 11.8 Å². The molecule has 0 spiro atoms. The molecule has 0 aromatic heterocycles. The van der Waals surface area contributed by atoms with Crippen LogP contribution in [0.2, 0.25) is 0 Å². The summed E-state index contributed by atoms with van der Waals surface area (Å²) >= 11 is 1.56. The van der Waals surface area contributed by atoms with Gasteiger partial charge in [-0.25, -0.2) is 9.59 Å². The number of carboxylic acid groups (broad SMARTS) is 1. The fourth-order valence-electron chi connectivity index (χ4n) is 2.55. The Hall–Kier alpha value is -2.42.